The molecule has 1 unspecified atom stereocenters. The molecule has 1 aromatic carbocycles. The molecule has 6 nitrogen and oxygen atoms in total. The van der Waals surface area contributed by atoms with Crippen LogP contribution in [0.1, 0.15) is 25.3 Å². The Balaban J connectivity index is 1.78. The average molecular weight is 338 g/mol. The minimum atomic E-state index is -3.52. The Morgan fingerprint density at radius 1 is 1.39 bits per heavy atom. The highest BCUT2D eigenvalue weighted by Crippen LogP contribution is 2.29. The molecule has 1 aromatic rings. The fraction of sp³-hybridized carbons (Fsp3) is 0.562. The molecule has 1 atom stereocenters. The smallest absolute Gasteiger partial charge is 0.243 e. The van der Waals surface area contributed by atoms with Crippen LogP contribution in [0.25, 0.3) is 0 Å². The molecule has 0 bridgehead atoms. The van der Waals surface area contributed by atoms with Crippen molar-refractivity contribution in [3.8, 4) is 0 Å². The number of amides is 1. The monoisotopic (exact) mass is 338 g/mol. The second-order valence-electron chi connectivity index (χ2n) is 6.07. The van der Waals surface area contributed by atoms with Gasteiger partial charge in [0.15, 0.2) is 0 Å². The number of carbonyl (C=O) groups excluding carboxylic acids is 1. The lowest BCUT2D eigenvalue weighted by Crippen LogP contribution is -2.41. The molecule has 3 rings (SSSR count). The van der Waals surface area contributed by atoms with Gasteiger partial charge in [-0.2, -0.15) is 4.31 Å². The summed E-state index contributed by atoms with van der Waals surface area (Å²) in [5.74, 6) is 0.153. The van der Waals surface area contributed by atoms with Gasteiger partial charge in [-0.05, 0) is 49.4 Å². The summed E-state index contributed by atoms with van der Waals surface area (Å²) in [5, 5.41) is 2.72. The largest absolute Gasteiger partial charge is 0.381 e. The van der Waals surface area contributed by atoms with E-state index in [9.17, 15) is 13.2 Å². The van der Waals surface area contributed by atoms with Crippen molar-refractivity contribution in [1.82, 2.24) is 4.31 Å². The van der Waals surface area contributed by atoms with Crippen LogP contribution in [-0.4, -0.2) is 44.9 Å². The summed E-state index contributed by atoms with van der Waals surface area (Å²) in [7, 11) is -3.52. The van der Waals surface area contributed by atoms with Gasteiger partial charge in [-0.25, -0.2) is 8.42 Å². The van der Waals surface area contributed by atoms with E-state index in [1.165, 1.54) is 0 Å². The van der Waals surface area contributed by atoms with Gasteiger partial charge in [0, 0.05) is 25.4 Å². The number of carbonyl (C=O) groups is 1. The Morgan fingerprint density at radius 3 is 3.00 bits per heavy atom. The number of benzene rings is 1. The fourth-order valence-electron chi connectivity index (χ4n) is 3.18. The average Bonchev–Trinajstić information content (AvgIpc) is 2.92. The second-order valence-corrected chi connectivity index (χ2v) is 8.01. The molecular formula is C16H22N2O4S. The number of fused-ring (bicyclic) bond motifs is 1. The zero-order valence-electron chi connectivity index (χ0n) is 13.2. The van der Waals surface area contributed by atoms with Crippen LogP contribution in [0.4, 0.5) is 5.69 Å². The highest BCUT2D eigenvalue weighted by atomic mass is 32.2. The predicted molar refractivity (Wildman–Crippen MR) is 86.8 cm³/mol. The zero-order valence-corrected chi connectivity index (χ0v) is 14.1. The fourth-order valence-corrected chi connectivity index (χ4v) is 4.79. The van der Waals surface area contributed by atoms with Crippen LogP contribution in [0.5, 0.6) is 0 Å². The van der Waals surface area contributed by atoms with E-state index in [2.05, 4.69) is 5.32 Å². The minimum absolute atomic E-state index is 0.0932. The lowest BCUT2D eigenvalue weighted by molar-refractivity contribution is -0.115. The van der Waals surface area contributed by atoms with Crippen LogP contribution in [-0.2, 0) is 26.0 Å². The number of hydrogen-bond donors (Lipinski definition) is 1. The summed E-state index contributed by atoms with van der Waals surface area (Å²) in [4.78, 5) is 11.7. The van der Waals surface area contributed by atoms with Crippen molar-refractivity contribution in [3.05, 3.63) is 23.8 Å². The van der Waals surface area contributed by atoms with Crippen molar-refractivity contribution in [1.29, 1.82) is 0 Å². The lowest BCUT2D eigenvalue weighted by Gasteiger charge is -2.31. The third kappa shape index (κ3) is 3.41. The van der Waals surface area contributed by atoms with E-state index in [0.717, 1.165) is 18.4 Å². The van der Waals surface area contributed by atoms with Crippen molar-refractivity contribution in [2.75, 3.05) is 31.6 Å². The summed E-state index contributed by atoms with van der Waals surface area (Å²) < 4.78 is 32.7. The van der Waals surface area contributed by atoms with E-state index in [1.54, 1.807) is 22.5 Å². The van der Waals surface area contributed by atoms with Crippen LogP contribution in [0.2, 0.25) is 0 Å². The molecule has 1 N–H and O–H groups in total. The maximum absolute atomic E-state index is 12.9. The molecule has 1 fully saturated rings. The molecular weight excluding hydrogens is 316 g/mol. The van der Waals surface area contributed by atoms with Crippen molar-refractivity contribution in [3.63, 3.8) is 0 Å². The van der Waals surface area contributed by atoms with Crippen molar-refractivity contribution < 1.29 is 17.9 Å². The first-order valence-electron chi connectivity index (χ1n) is 8.01. The molecule has 0 aromatic heterocycles. The number of nitrogens with zero attached hydrogens (tertiary/aromatic N) is 1. The summed E-state index contributed by atoms with van der Waals surface area (Å²) in [5.41, 5.74) is 1.46. The third-order valence-corrected chi connectivity index (χ3v) is 6.24. The van der Waals surface area contributed by atoms with Crippen molar-refractivity contribution in [2.45, 2.75) is 31.1 Å². The lowest BCUT2D eigenvalue weighted by atomic mass is 10.0. The highest BCUT2D eigenvalue weighted by Gasteiger charge is 2.31. The van der Waals surface area contributed by atoms with E-state index >= 15 is 0 Å². The number of rotatable bonds is 5. The SMILES string of the molecule is CCOCC1CCCN(S(=O)(=O)c2ccc3c(c2)CC(=O)N3)C1. The maximum Gasteiger partial charge on any atom is 0.243 e. The molecule has 7 heteroatoms. The summed E-state index contributed by atoms with van der Waals surface area (Å²) >= 11 is 0. The van der Waals surface area contributed by atoms with Gasteiger partial charge in [0.25, 0.3) is 0 Å². The molecule has 1 saturated heterocycles. The van der Waals surface area contributed by atoms with Gasteiger partial charge in [-0.3, -0.25) is 4.79 Å². The van der Waals surface area contributed by atoms with Gasteiger partial charge in [-0.15, -0.1) is 0 Å². The molecule has 2 aliphatic heterocycles. The number of anilines is 1. The minimum Gasteiger partial charge on any atom is -0.381 e. The summed E-state index contributed by atoms with van der Waals surface area (Å²) in [6.07, 6.45) is 2.09. The molecule has 0 spiro atoms. The first-order valence-corrected chi connectivity index (χ1v) is 9.45. The highest BCUT2D eigenvalue weighted by molar-refractivity contribution is 7.89. The van der Waals surface area contributed by atoms with E-state index in [-0.39, 0.29) is 23.1 Å². The van der Waals surface area contributed by atoms with E-state index in [0.29, 0.717) is 32.0 Å². The zero-order chi connectivity index (χ0) is 16.4. The Labute approximate surface area is 136 Å². The van der Waals surface area contributed by atoms with E-state index in [1.807, 2.05) is 6.92 Å². The number of piperidine rings is 1. The predicted octanol–water partition coefficient (Wildman–Crippen LogP) is 1.62. The summed E-state index contributed by atoms with van der Waals surface area (Å²) in [6.45, 7) is 4.23. The van der Waals surface area contributed by atoms with Crippen molar-refractivity contribution in [2.24, 2.45) is 5.92 Å². The third-order valence-electron chi connectivity index (χ3n) is 4.38. The summed E-state index contributed by atoms with van der Waals surface area (Å²) in [6, 6.07) is 4.87. The molecule has 0 radical (unpaired) electrons. The Bertz CT molecular complexity index is 702. The first kappa shape index (κ1) is 16.4. The molecule has 0 aliphatic carbocycles. The van der Waals surface area contributed by atoms with Gasteiger partial charge in [0.1, 0.15) is 0 Å². The number of hydrogen-bond acceptors (Lipinski definition) is 4. The Hall–Kier alpha value is -1.44. The molecule has 2 heterocycles. The Kier molecular flexibility index (Phi) is 4.70. The maximum atomic E-state index is 12.9. The number of nitrogens with one attached hydrogen (secondary N) is 1. The molecule has 0 saturated carbocycles. The topological polar surface area (TPSA) is 75.7 Å². The van der Waals surface area contributed by atoms with Gasteiger partial charge in [0.2, 0.25) is 15.9 Å². The van der Waals surface area contributed by atoms with Crippen LogP contribution >= 0.6 is 0 Å². The second kappa shape index (κ2) is 6.59. The standard InChI is InChI=1S/C16H22N2O4S/c1-2-22-11-12-4-3-7-18(10-12)23(20,21)14-5-6-15-13(8-14)9-16(19)17-15/h5-6,8,12H,2-4,7,9-11H2,1H3,(H,17,19). The van der Waals surface area contributed by atoms with Crippen molar-refractivity contribution >= 4 is 21.6 Å². The van der Waals surface area contributed by atoms with Gasteiger partial charge in [0.05, 0.1) is 17.9 Å². The molecule has 126 valence electrons. The van der Waals surface area contributed by atoms with Gasteiger partial charge >= 0.3 is 0 Å². The number of sulfonamides is 1. The first-order chi connectivity index (χ1) is 11.0. The molecule has 2 aliphatic rings. The Morgan fingerprint density at radius 2 is 2.22 bits per heavy atom. The van der Waals surface area contributed by atoms with Crippen LogP contribution in [0.15, 0.2) is 23.1 Å². The van der Waals surface area contributed by atoms with Crippen LogP contribution < -0.4 is 5.32 Å². The van der Waals surface area contributed by atoms with Crippen LogP contribution in [0.3, 0.4) is 0 Å². The van der Waals surface area contributed by atoms with E-state index in [4.69, 9.17) is 4.74 Å². The molecule has 1 amide bonds. The molecule has 23 heavy (non-hydrogen) atoms. The van der Waals surface area contributed by atoms with Gasteiger partial charge < -0.3 is 10.1 Å². The quantitative estimate of drug-likeness (QED) is 0.885. The number of ether oxygens (including phenoxy) is 1. The van der Waals surface area contributed by atoms with E-state index < -0.39 is 10.0 Å². The van der Waals surface area contributed by atoms with Gasteiger partial charge in [-0.1, -0.05) is 0 Å². The van der Waals surface area contributed by atoms with Crippen LogP contribution in [0, 0.1) is 5.92 Å². The normalized spacial score (nSPS) is 22.0.